The van der Waals surface area contributed by atoms with Crippen molar-refractivity contribution in [1.82, 2.24) is 0 Å². The monoisotopic (exact) mass is 200 g/mol. The van der Waals surface area contributed by atoms with Gasteiger partial charge >= 0.3 is 0 Å². The number of rotatable bonds is 2. The zero-order chi connectivity index (χ0) is 11.0. The quantitative estimate of drug-likeness (QED) is 0.666. The van der Waals surface area contributed by atoms with Crippen LogP contribution in [0.2, 0.25) is 0 Å². The number of allylic oxidation sites excluding steroid dienone is 1. The van der Waals surface area contributed by atoms with Gasteiger partial charge in [0.05, 0.1) is 0 Å². The zero-order valence-electron chi connectivity index (χ0n) is 10.1. The Morgan fingerprint density at radius 1 is 1.20 bits per heavy atom. The van der Waals surface area contributed by atoms with Crippen LogP contribution in [0.25, 0.3) is 5.57 Å². The van der Waals surface area contributed by atoms with Crippen LogP contribution in [0.1, 0.15) is 55.4 Å². The molecule has 0 heterocycles. The lowest BCUT2D eigenvalue weighted by Gasteiger charge is -2.15. The summed E-state index contributed by atoms with van der Waals surface area (Å²) in [6.45, 7) is 10.7. The molecule has 0 saturated heterocycles. The third-order valence-corrected chi connectivity index (χ3v) is 3.35. The van der Waals surface area contributed by atoms with Crippen molar-refractivity contribution < 1.29 is 0 Å². The molecule has 2 rings (SSSR count). The molecule has 0 saturated carbocycles. The largest absolute Gasteiger partial charge is 0.0955 e. The number of fused-ring (bicyclic) bond motifs is 1. The average molecular weight is 200 g/mol. The highest BCUT2D eigenvalue weighted by molar-refractivity contribution is 5.67. The van der Waals surface area contributed by atoms with Crippen molar-refractivity contribution in [1.29, 1.82) is 0 Å². The van der Waals surface area contributed by atoms with E-state index in [0.717, 1.165) is 0 Å². The average Bonchev–Trinajstić information content (AvgIpc) is 2.61. The number of aryl methyl sites for hydroxylation is 2. The molecule has 0 radical (unpaired) electrons. The lowest BCUT2D eigenvalue weighted by Crippen LogP contribution is -1.97. The fraction of sp³-hybridized carbons (Fsp3) is 0.467. The first-order valence-electron chi connectivity index (χ1n) is 5.91. The molecule has 0 nitrogen and oxygen atoms in total. The van der Waals surface area contributed by atoms with Gasteiger partial charge in [-0.15, -0.1) is 0 Å². The molecule has 0 heteroatoms. The third kappa shape index (κ3) is 1.86. The Balaban J connectivity index is 2.57. The van der Waals surface area contributed by atoms with Crippen LogP contribution >= 0.6 is 0 Å². The summed E-state index contributed by atoms with van der Waals surface area (Å²) in [5.41, 5.74) is 7.18. The van der Waals surface area contributed by atoms with E-state index in [1.165, 1.54) is 36.0 Å². The molecule has 0 unspecified atom stereocenters. The molecule has 0 amide bonds. The molecule has 15 heavy (non-hydrogen) atoms. The van der Waals surface area contributed by atoms with Gasteiger partial charge in [-0.1, -0.05) is 38.1 Å². The van der Waals surface area contributed by atoms with E-state index in [4.69, 9.17) is 0 Å². The van der Waals surface area contributed by atoms with E-state index in [2.05, 4.69) is 39.5 Å². The van der Waals surface area contributed by atoms with Crippen LogP contribution < -0.4 is 0 Å². The van der Waals surface area contributed by atoms with Gasteiger partial charge in [-0.2, -0.15) is 0 Å². The second-order valence-electron chi connectivity index (χ2n) is 5.00. The predicted molar refractivity (Wildman–Crippen MR) is 67.3 cm³/mol. The van der Waals surface area contributed by atoms with Crippen LogP contribution in [0.3, 0.4) is 0 Å². The summed E-state index contributed by atoms with van der Waals surface area (Å²) in [5, 5.41) is 0. The summed E-state index contributed by atoms with van der Waals surface area (Å²) in [5.74, 6) is 0.600. The summed E-state index contributed by atoms with van der Waals surface area (Å²) in [6.07, 6.45) is 3.85. The molecule has 0 aromatic heterocycles. The van der Waals surface area contributed by atoms with E-state index in [0.29, 0.717) is 5.92 Å². The highest BCUT2D eigenvalue weighted by Gasteiger charge is 2.16. The summed E-state index contributed by atoms with van der Waals surface area (Å²) >= 11 is 0. The normalized spacial score (nSPS) is 14.4. The molecule has 0 bridgehead atoms. The molecule has 0 aliphatic heterocycles. The summed E-state index contributed by atoms with van der Waals surface area (Å²) < 4.78 is 0. The summed E-state index contributed by atoms with van der Waals surface area (Å²) in [4.78, 5) is 0. The molecular formula is C15H20. The molecular weight excluding hydrogens is 180 g/mol. The van der Waals surface area contributed by atoms with Crippen LogP contribution in [0, 0.1) is 0 Å². The third-order valence-electron chi connectivity index (χ3n) is 3.35. The Hall–Kier alpha value is -1.04. The fourth-order valence-corrected chi connectivity index (χ4v) is 2.49. The van der Waals surface area contributed by atoms with Crippen molar-refractivity contribution in [2.45, 2.75) is 46.0 Å². The summed E-state index contributed by atoms with van der Waals surface area (Å²) in [7, 11) is 0. The predicted octanol–water partition coefficient (Wildman–Crippen LogP) is 4.33. The smallest absolute Gasteiger partial charge is 0.0196 e. The summed E-state index contributed by atoms with van der Waals surface area (Å²) in [6, 6.07) is 4.79. The molecule has 0 atom stereocenters. The lowest BCUT2D eigenvalue weighted by molar-refractivity contribution is 0.858. The van der Waals surface area contributed by atoms with Gasteiger partial charge in [0.15, 0.2) is 0 Å². The van der Waals surface area contributed by atoms with Gasteiger partial charge in [-0.3, -0.25) is 0 Å². The molecule has 1 aromatic rings. The first kappa shape index (κ1) is 10.5. The second-order valence-corrected chi connectivity index (χ2v) is 5.00. The van der Waals surface area contributed by atoms with Crippen molar-refractivity contribution in [3.8, 4) is 0 Å². The first-order chi connectivity index (χ1) is 7.09. The van der Waals surface area contributed by atoms with E-state index in [-0.39, 0.29) is 0 Å². The number of hydrogen-bond donors (Lipinski definition) is 0. The molecule has 1 aliphatic carbocycles. The minimum absolute atomic E-state index is 0.600. The van der Waals surface area contributed by atoms with Gasteiger partial charge < -0.3 is 0 Å². The molecule has 0 N–H and O–H groups in total. The minimum Gasteiger partial charge on any atom is -0.0955 e. The fourth-order valence-electron chi connectivity index (χ4n) is 2.49. The van der Waals surface area contributed by atoms with Crippen molar-refractivity contribution in [3.05, 3.63) is 41.0 Å². The van der Waals surface area contributed by atoms with E-state index in [1.54, 1.807) is 11.1 Å². The van der Waals surface area contributed by atoms with Crippen LogP contribution in [0.15, 0.2) is 18.7 Å². The van der Waals surface area contributed by atoms with Gasteiger partial charge in [0.25, 0.3) is 0 Å². The maximum absolute atomic E-state index is 4.09. The van der Waals surface area contributed by atoms with Crippen LogP contribution in [-0.2, 0) is 12.8 Å². The van der Waals surface area contributed by atoms with E-state index in [1.807, 2.05) is 0 Å². The Morgan fingerprint density at radius 2 is 1.80 bits per heavy atom. The van der Waals surface area contributed by atoms with Gasteiger partial charge in [0.1, 0.15) is 0 Å². The van der Waals surface area contributed by atoms with Crippen LogP contribution in [0.4, 0.5) is 0 Å². The Kier molecular flexibility index (Phi) is 2.68. The highest BCUT2D eigenvalue weighted by Crippen LogP contribution is 2.32. The van der Waals surface area contributed by atoms with Crippen LogP contribution in [0.5, 0.6) is 0 Å². The number of hydrogen-bond acceptors (Lipinski definition) is 0. The maximum atomic E-state index is 4.09. The van der Waals surface area contributed by atoms with Crippen molar-refractivity contribution in [3.63, 3.8) is 0 Å². The Morgan fingerprint density at radius 3 is 2.33 bits per heavy atom. The second kappa shape index (κ2) is 3.84. The van der Waals surface area contributed by atoms with Gasteiger partial charge in [0.2, 0.25) is 0 Å². The lowest BCUT2D eigenvalue weighted by atomic mass is 9.90. The Bertz CT molecular complexity index is 397. The van der Waals surface area contributed by atoms with E-state index < -0.39 is 0 Å². The molecule has 0 fully saturated rings. The van der Waals surface area contributed by atoms with Gasteiger partial charge in [-0.05, 0) is 54.4 Å². The molecule has 0 spiro atoms. The van der Waals surface area contributed by atoms with Gasteiger partial charge in [0, 0.05) is 0 Å². The maximum Gasteiger partial charge on any atom is -0.0196 e. The highest BCUT2D eigenvalue weighted by atomic mass is 14.2. The molecule has 80 valence electrons. The van der Waals surface area contributed by atoms with Gasteiger partial charge in [-0.25, -0.2) is 0 Å². The minimum atomic E-state index is 0.600. The first-order valence-corrected chi connectivity index (χ1v) is 5.91. The number of benzene rings is 1. The van der Waals surface area contributed by atoms with Crippen molar-refractivity contribution >= 4 is 5.57 Å². The zero-order valence-corrected chi connectivity index (χ0v) is 10.1. The van der Waals surface area contributed by atoms with Crippen molar-refractivity contribution in [2.75, 3.05) is 0 Å². The molecule has 1 aromatic carbocycles. The van der Waals surface area contributed by atoms with E-state index >= 15 is 0 Å². The standard InChI is InChI=1S/C15H20/c1-10(2)14-8-12-6-5-7-13(12)9-15(14)11(3)4/h8-9,11H,1,5-7H2,2-4H3. The van der Waals surface area contributed by atoms with E-state index in [9.17, 15) is 0 Å². The SMILES string of the molecule is C=C(C)c1cc2c(cc1C(C)C)CCC2. The van der Waals surface area contributed by atoms with Crippen LogP contribution in [-0.4, -0.2) is 0 Å². The topological polar surface area (TPSA) is 0 Å². The Labute approximate surface area is 93.0 Å². The van der Waals surface area contributed by atoms with Crippen molar-refractivity contribution in [2.24, 2.45) is 0 Å². The molecule has 1 aliphatic rings.